The summed E-state index contributed by atoms with van der Waals surface area (Å²) in [5.74, 6) is 0.667. The third kappa shape index (κ3) is 7.29. The number of piperazine rings is 1. The molecule has 5 rings (SSSR count). The molecular formula is C32H33F3N5O3-. The Morgan fingerprint density at radius 1 is 0.977 bits per heavy atom. The fraction of sp³-hybridized carbons (Fsp3) is 0.312. The van der Waals surface area contributed by atoms with Gasteiger partial charge < -0.3 is 24.9 Å². The highest BCUT2D eigenvalue weighted by molar-refractivity contribution is 5.72. The van der Waals surface area contributed by atoms with E-state index in [1.165, 1.54) is 17.0 Å². The lowest BCUT2D eigenvalue weighted by atomic mass is 9.97. The standard InChI is InChI=1S/C32H34F3N5O3/c1-2-40-28(14-15-36-40)27-22-26(12-13-29(27)43-21-20-38-16-18-39(19-17-38)31(41)42)37-30(23-6-4-3-5-7-23)24-8-10-25(11-9-24)32(33,34)35/h3-15,22,30,37H,2,16-21H2,1H3,(H,41,42)/p-1. The minimum atomic E-state index is -4.41. The van der Waals surface area contributed by atoms with Crippen LogP contribution in [0.3, 0.4) is 0 Å². The van der Waals surface area contributed by atoms with Crippen LogP contribution in [0, 0.1) is 0 Å². The van der Waals surface area contributed by atoms with Gasteiger partial charge in [-0.1, -0.05) is 42.5 Å². The Kier molecular flexibility index (Phi) is 9.20. The molecule has 1 aliphatic heterocycles. The summed E-state index contributed by atoms with van der Waals surface area (Å²) >= 11 is 0. The lowest BCUT2D eigenvalue weighted by Gasteiger charge is -2.36. The second-order valence-electron chi connectivity index (χ2n) is 10.3. The van der Waals surface area contributed by atoms with Crippen LogP contribution in [0.15, 0.2) is 85.1 Å². The van der Waals surface area contributed by atoms with Gasteiger partial charge in [-0.25, -0.2) is 0 Å². The zero-order chi connectivity index (χ0) is 30.4. The van der Waals surface area contributed by atoms with E-state index < -0.39 is 23.9 Å². The lowest BCUT2D eigenvalue weighted by molar-refractivity contribution is -0.266. The summed E-state index contributed by atoms with van der Waals surface area (Å²) in [6.07, 6.45) is -3.82. The fourth-order valence-electron chi connectivity index (χ4n) is 5.23. The monoisotopic (exact) mass is 592 g/mol. The van der Waals surface area contributed by atoms with Gasteiger partial charge in [-0.3, -0.25) is 9.58 Å². The van der Waals surface area contributed by atoms with E-state index in [0.717, 1.165) is 34.6 Å². The molecule has 226 valence electrons. The molecule has 11 heteroatoms. The van der Waals surface area contributed by atoms with Crippen LogP contribution in [-0.2, 0) is 12.7 Å². The van der Waals surface area contributed by atoms with Crippen molar-refractivity contribution in [2.24, 2.45) is 0 Å². The molecule has 1 unspecified atom stereocenters. The number of aromatic nitrogens is 2. The van der Waals surface area contributed by atoms with E-state index in [-0.39, 0.29) is 0 Å². The van der Waals surface area contributed by atoms with Crippen molar-refractivity contribution in [3.8, 4) is 17.0 Å². The van der Waals surface area contributed by atoms with Gasteiger partial charge in [-0.15, -0.1) is 0 Å². The van der Waals surface area contributed by atoms with Gasteiger partial charge in [0.05, 0.1) is 17.3 Å². The van der Waals surface area contributed by atoms with Crippen LogP contribution < -0.4 is 15.2 Å². The molecule has 8 nitrogen and oxygen atoms in total. The van der Waals surface area contributed by atoms with Crippen molar-refractivity contribution >= 4 is 11.8 Å². The fourth-order valence-corrected chi connectivity index (χ4v) is 5.23. The second kappa shape index (κ2) is 13.2. The maximum Gasteiger partial charge on any atom is 0.416 e. The third-order valence-electron chi connectivity index (χ3n) is 7.58. The molecule has 1 aromatic heterocycles. The Labute approximate surface area is 248 Å². The van der Waals surface area contributed by atoms with Crippen molar-refractivity contribution < 1.29 is 27.8 Å². The first-order valence-corrected chi connectivity index (χ1v) is 14.2. The van der Waals surface area contributed by atoms with Gasteiger partial charge in [-0.05, 0) is 54.4 Å². The van der Waals surface area contributed by atoms with Crippen LogP contribution in [0.25, 0.3) is 11.3 Å². The quantitative estimate of drug-likeness (QED) is 0.275. The summed E-state index contributed by atoms with van der Waals surface area (Å²) in [6.45, 7) is 5.74. The number of anilines is 1. The molecule has 0 radical (unpaired) electrons. The van der Waals surface area contributed by atoms with E-state index in [2.05, 4.69) is 15.3 Å². The number of carbonyl (C=O) groups is 1. The van der Waals surface area contributed by atoms with Crippen molar-refractivity contribution in [2.45, 2.75) is 25.7 Å². The molecule has 0 aliphatic carbocycles. The van der Waals surface area contributed by atoms with E-state index in [4.69, 9.17) is 4.74 Å². The Morgan fingerprint density at radius 3 is 2.33 bits per heavy atom. The number of ether oxygens (including phenoxy) is 1. The molecule has 0 spiro atoms. The average molecular weight is 593 g/mol. The summed E-state index contributed by atoms with van der Waals surface area (Å²) in [6, 6.07) is 22.0. The SMILES string of the molecule is CCn1nccc1-c1cc(NC(c2ccccc2)c2ccc(C(F)(F)F)cc2)ccc1OCCN1CCN(C(=O)[O-])CC1. The van der Waals surface area contributed by atoms with Crippen LogP contribution in [0.1, 0.15) is 29.7 Å². The molecule has 1 atom stereocenters. The van der Waals surface area contributed by atoms with Gasteiger partial charge in [0, 0.05) is 56.7 Å². The summed E-state index contributed by atoms with van der Waals surface area (Å²) < 4.78 is 47.9. The predicted octanol–water partition coefficient (Wildman–Crippen LogP) is 5.13. The van der Waals surface area contributed by atoms with Crippen molar-refractivity contribution in [1.29, 1.82) is 0 Å². The summed E-state index contributed by atoms with van der Waals surface area (Å²) in [5, 5.41) is 19.0. The van der Waals surface area contributed by atoms with Gasteiger partial charge in [0.25, 0.3) is 0 Å². The molecule has 0 bridgehead atoms. The number of halogens is 3. The van der Waals surface area contributed by atoms with E-state index in [1.807, 2.05) is 66.2 Å². The highest BCUT2D eigenvalue weighted by Crippen LogP contribution is 2.36. The van der Waals surface area contributed by atoms with Crippen molar-refractivity contribution in [1.82, 2.24) is 19.6 Å². The Balaban J connectivity index is 1.39. The molecule has 2 heterocycles. The summed E-state index contributed by atoms with van der Waals surface area (Å²) in [4.78, 5) is 14.5. The number of hydrogen-bond donors (Lipinski definition) is 1. The van der Waals surface area contributed by atoms with E-state index >= 15 is 0 Å². The number of hydrogen-bond acceptors (Lipinski definition) is 6. The van der Waals surface area contributed by atoms with Crippen LogP contribution in [-0.4, -0.2) is 65.0 Å². The van der Waals surface area contributed by atoms with Gasteiger partial charge in [0.15, 0.2) is 0 Å². The highest BCUT2D eigenvalue weighted by atomic mass is 19.4. The Morgan fingerprint density at radius 2 is 1.67 bits per heavy atom. The normalized spacial score (nSPS) is 14.8. The van der Waals surface area contributed by atoms with E-state index in [0.29, 0.717) is 57.2 Å². The van der Waals surface area contributed by atoms with Crippen LogP contribution in [0.5, 0.6) is 5.75 Å². The number of aryl methyl sites for hydroxylation is 1. The number of amides is 1. The van der Waals surface area contributed by atoms with Gasteiger partial charge in [-0.2, -0.15) is 18.3 Å². The minimum absolute atomic E-state index is 0.404. The van der Waals surface area contributed by atoms with Crippen LogP contribution in [0.2, 0.25) is 0 Å². The van der Waals surface area contributed by atoms with Gasteiger partial charge in [0.1, 0.15) is 18.4 Å². The third-order valence-corrected chi connectivity index (χ3v) is 7.58. The Bertz CT molecular complexity index is 1500. The molecule has 43 heavy (non-hydrogen) atoms. The molecule has 4 aromatic rings. The number of benzene rings is 3. The van der Waals surface area contributed by atoms with Gasteiger partial charge >= 0.3 is 6.18 Å². The summed E-state index contributed by atoms with van der Waals surface area (Å²) in [7, 11) is 0. The van der Waals surface area contributed by atoms with E-state index in [1.54, 1.807) is 6.20 Å². The van der Waals surface area contributed by atoms with Crippen molar-refractivity contribution in [2.75, 3.05) is 44.6 Å². The number of rotatable bonds is 10. The first-order chi connectivity index (χ1) is 20.7. The molecule has 3 aromatic carbocycles. The number of nitrogens with one attached hydrogen (secondary N) is 1. The number of nitrogens with zero attached hydrogens (tertiary/aromatic N) is 4. The zero-order valence-electron chi connectivity index (χ0n) is 23.8. The molecule has 0 saturated carbocycles. The summed E-state index contributed by atoms with van der Waals surface area (Å²) in [5.41, 5.74) is 3.36. The molecule has 1 N–H and O–H groups in total. The molecule has 1 fully saturated rings. The van der Waals surface area contributed by atoms with Gasteiger partial charge in [0.2, 0.25) is 0 Å². The van der Waals surface area contributed by atoms with Crippen molar-refractivity contribution in [3.63, 3.8) is 0 Å². The van der Waals surface area contributed by atoms with Crippen molar-refractivity contribution in [3.05, 3.63) is 102 Å². The minimum Gasteiger partial charge on any atom is -0.530 e. The maximum atomic E-state index is 13.2. The topological polar surface area (TPSA) is 85.7 Å². The Hall–Kier alpha value is -4.51. The first kappa shape index (κ1) is 30.0. The van der Waals surface area contributed by atoms with E-state index in [9.17, 15) is 23.1 Å². The lowest BCUT2D eigenvalue weighted by Crippen LogP contribution is -2.53. The smallest absolute Gasteiger partial charge is 0.416 e. The average Bonchev–Trinajstić information content (AvgIpc) is 3.50. The predicted molar refractivity (Wildman–Crippen MR) is 156 cm³/mol. The largest absolute Gasteiger partial charge is 0.530 e. The second-order valence-corrected chi connectivity index (χ2v) is 10.3. The first-order valence-electron chi connectivity index (χ1n) is 14.2. The molecule has 1 aliphatic rings. The van der Waals surface area contributed by atoms with Crippen LogP contribution in [0.4, 0.5) is 23.7 Å². The molecule has 1 amide bonds. The molecule has 1 saturated heterocycles. The van der Waals surface area contributed by atoms with Crippen LogP contribution >= 0.6 is 0 Å². The maximum absolute atomic E-state index is 13.2. The number of alkyl halides is 3. The number of carboxylic acid groups (broad SMARTS) is 1. The highest BCUT2D eigenvalue weighted by Gasteiger charge is 2.30. The number of carbonyl (C=O) groups excluding carboxylic acids is 1. The zero-order valence-corrected chi connectivity index (χ0v) is 23.8. The molecular weight excluding hydrogens is 559 g/mol.